The number of benzene rings is 1. The van der Waals surface area contributed by atoms with E-state index in [0.717, 1.165) is 29.9 Å². The highest BCUT2D eigenvalue weighted by Crippen LogP contribution is 2.24. The number of rotatable bonds is 9. The Kier molecular flexibility index (Phi) is 6.55. The highest BCUT2D eigenvalue weighted by molar-refractivity contribution is 5.85. The summed E-state index contributed by atoms with van der Waals surface area (Å²) in [6.45, 7) is 10.5. The van der Waals surface area contributed by atoms with Crippen molar-refractivity contribution < 1.29 is 0 Å². The van der Waals surface area contributed by atoms with Crippen LogP contribution in [0.4, 0.5) is 17.6 Å². The van der Waals surface area contributed by atoms with Gasteiger partial charge in [0.2, 0.25) is 5.95 Å². The van der Waals surface area contributed by atoms with Crippen molar-refractivity contribution in [1.29, 1.82) is 0 Å². The van der Waals surface area contributed by atoms with Gasteiger partial charge in [-0.25, -0.2) is 15.0 Å². The second kappa shape index (κ2) is 9.69. The minimum atomic E-state index is 0.445. The number of para-hydroxylation sites is 1. The van der Waals surface area contributed by atoms with Gasteiger partial charge in [0.05, 0.1) is 0 Å². The number of nitrogens with one attached hydrogen (secondary N) is 2. The summed E-state index contributed by atoms with van der Waals surface area (Å²) in [7, 11) is 0. The predicted molar refractivity (Wildman–Crippen MR) is 127 cm³/mol. The molecule has 0 bridgehead atoms. The zero-order chi connectivity index (χ0) is 22.5. The third kappa shape index (κ3) is 4.83. The lowest BCUT2D eigenvalue weighted by molar-refractivity contribution is 0.182. The van der Waals surface area contributed by atoms with Gasteiger partial charge in [0.15, 0.2) is 17.0 Å². The lowest BCUT2D eigenvalue weighted by atomic mass is 10.2. The van der Waals surface area contributed by atoms with Crippen LogP contribution in [-0.4, -0.2) is 59.6 Å². The SMILES string of the molecule is CC(C)N(CCNc1nc(Nc2ccncn2)nc2c1ncn2-c1ccccc1)C(C)C. The predicted octanol–water partition coefficient (Wildman–Crippen LogP) is 3.88. The van der Waals surface area contributed by atoms with Crippen molar-refractivity contribution in [1.82, 2.24) is 34.4 Å². The Bertz CT molecular complexity index is 1130. The van der Waals surface area contributed by atoms with Gasteiger partial charge in [0, 0.05) is 37.1 Å². The molecule has 9 heteroatoms. The molecule has 32 heavy (non-hydrogen) atoms. The molecule has 0 spiro atoms. The van der Waals surface area contributed by atoms with Gasteiger partial charge < -0.3 is 10.6 Å². The minimum Gasteiger partial charge on any atom is -0.367 e. The minimum absolute atomic E-state index is 0.445. The second-order valence-electron chi connectivity index (χ2n) is 8.09. The lowest BCUT2D eigenvalue weighted by Crippen LogP contribution is -2.40. The first-order valence-corrected chi connectivity index (χ1v) is 10.9. The van der Waals surface area contributed by atoms with Crippen molar-refractivity contribution in [3.05, 3.63) is 55.2 Å². The summed E-state index contributed by atoms with van der Waals surface area (Å²) in [6, 6.07) is 12.7. The Balaban J connectivity index is 1.67. The molecule has 0 unspecified atom stereocenters. The van der Waals surface area contributed by atoms with Crippen molar-refractivity contribution in [3.8, 4) is 5.69 Å². The van der Waals surface area contributed by atoms with Crippen LogP contribution in [0.3, 0.4) is 0 Å². The van der Waals surface area contributed by atoms with E-state index in [4.69, 9.17) is 9.97 Å². The van der Waals surface area contributed by atoms with Gasteiger partial charge in [-0.2, -0.15) is 9.97 Å². The van der Waals surface area contributed by atoms with E-state index in [1.807, 2.05) is 34.9 Å². The number of anilines is 3. The Morgan fingerprint density at radius 1 is 0.969 bits per heavy atom. The van der Waals surface area contributed by atoms with Crippen LogP contribution in [0.2, 0.25) is 0 Å². The van der Waals surface area contributed by atoms with Gasteiger partial charge in [-0.15, -0.1) is 0 Å². The van der Waals surface area contributed by atoms with Crippen LogP contribution in [0.5, 0.6) is 0 Å². The number of imidazole rings is 1. The summed E-state index contributed by atoms with van der Waals surface area (Å²) in [5.41, 5.74) is 2.43. The summed E-state index contributed by atoms with van der Waals surface area (Å²) in [5.74, 6) is 1.76. The zero-order valence-corrected chi connectivity index (χ0v) is 18.9. The monoisotopic (exact) mass is 431 g/mol. The molecule has 0 radical (unpaired) electrons. The first-order valence-electron chi connectivity index (χ1n) is 10.9. The molecule has 0 aliphatic carbocycles. The molecular weight excluding hydrogens is 402 g/mol. The smallest absolute Gasteiger partial charge is 0.232 e. The maximum Gasteiger partial charge on any atom is 0.232 e. The van der Waals surface area contributed by atoms with Crippen LogP contribution < -0.4 is 10.6 Å². The van der Waals surface area contributed by atoms with Crippen molar-refractivity contribution in [3.63, 3.8) is 0 Å². The molecule has 0 aliphatic heterocycles. The Labute approximate surface area is 188 Å². The Morgan fingerprint density at radius 3 is 2.44 bits per heavy atom. The van der Waals surface area contributed by atoms with Crippen LogP contribution in [0, 0.1) is 0 Å². The Morgan fingerprint density at radius 2 is 1.75 bits per heavy atom. The molecule has 166 valence electrons. The second-order valence-corrected chi connectivity index (χ2v) is 8.09. The summed E-state index contributed by atoms with van der Waals surface area (Å²) in [5, 5.41) is 6.65. The number of hydrogen-bond donors (Lipinski definition) is 2. The third-order valence-corrected chi connectivity index (χ3v) is 5.24. The number of fused-ring (bicyclic) bond motifs is 1. The molecule has 0 atom stereocenters. The first kappa shape index (κ1) is 21.6. The van der Waals surface area contributed by atoms with E-state index in [1.54, 1.807) is 18.6 Å². The fraction of sp³-hybridized carbons (Fsp3) is 0.348. The van der Waals surface area contributed by atoms with Crippen LogP contribution in [0.25, 0.3) is 16.9 Å². The van der Waals surface area contributed by atoms with Gasteiger partial charge in [0.1, 0.15) is 18.5 Å². The highest BCUT2D eigenvalue weighted by atomic mass is 15.2. The number of hydrogen-bond acceptors (Lipinski definition) is 8. The number of nitrogens with zero attached hydrogens (tertiary/aromatic N) is 7. The maximum atomic E-state index is 4.73. The van der Waals surface area contributed by atoms with E-state index in [0.29, 0.717) is 29.7 Å². The third-order valence-electron chi connectivity index (χ3n) is 5.24. The van der Waals surface area contributed by atoms with Crippen LogP contribution in [0.15, 0.2) is 55.2 Å². The summed E-state index contributed by atoms with van der Waals surface area (Å²) in [6.07, 6.45) is 4.94. The topological polar surface area (TPSA) is 96.7 Å². The largest absolute Gasteiger partial charge is 0.367 e. The van der Waals surface area contributed by atoms with Gasteiger partial charge in [-0.3, -0.25) is 9.47 Å². The molecule has 3 aromatic heterocycles. The van der Waals surface area contributed by atoms with Crippen molar-refractivity contribution >= 4 is 28.7 Å². The molecule has 4 aromatic rings. The van der Waals surface area contributed by atoms with Crippen molar-refractivity contribution in [2.45, 2.75) is 39.8 Å². The van der Waals surface area contributed by atoms with Gasteiger partial charge in [-0.1, -0.05) is 18.2 Å². The molecule has 1 aromatic carbocycles. The standard InChI is InChI=1S/C23H29N9/c1-16(2)31(17(3)4)13-12-25-21-20-22(32(15-27-20)18-8-6-5-7-9-18)30-23(29-21)28-19-10-11-24-14-26-19/h5-11,14-17H,12-13H2,1-4H3,(H2,24,25,26,28,29,30). The van der Waals surface area contributed by atoms with Gasteiger partial charge >= 0.3 is 0 Å². The summed E-state index contributed by atoms with van der Waals surface area (Å²) >= 11 is 0. The fourth-order valence-electron chi connectivity index (χ4n) is 3.75. The molecule has 0 fully saturated rings. The quantitative estimate of drug-likeness (QED) is 0.412. The highest BCUT2D eigenvalue weighted by Gasteiger charge is 2.16. The molecule has 2 N–H and O–H groups in total. The molecule has 4 rings (SSSR count). The van der Waals surface area contributed by atoms with E-state index in [9.17, 15) is 0 Å². The van der Waals surface area contributed by atoms with E-state index >= 15 is 0 Å². The van der Waals surface area contributed by atoms with Crippen LogP contribution in [0.1, 0.15) is 27.7 Å². The van der Waals surface area contributed by atoms with Crippen LogP contribution >= 0.6 is 0 Å². The molecule has 3 heterocycles. The maximum absolute atomic E-state index is 4.73. The van der Waals surface area contributed by atoms with E-state index in [-0.39, 0.29) is 0 Å². The van der Waals surface area contributed by atoms with E-state index in [2.05, 4.69) is 58.2 Å². The molecule has 0 saturated carbocycles. The first-order chi connectivity index (χ1) is 15.5. The Hall–Kier alpha value is -3.59. The van der Waals surface area contributed by atoms with E-state index < -0.39 is 0 Å². The molecule has 0 saturated heterocycles. The molecule has 9 nitrogen and oxygen atoms in total. The van der Waals surface area contributed by atoms with E-state index in [1.165, 1.54) is 6.33 Å². The zero-order valence-electron chi connectivity index (χ0n) is 18.9. The number of aromatic nitrogens is 6. The lowest BCUT2D eigenvalue weighted by Gasteiger charge is -2.30. The van der Waals surface area contributed by atoms with Crippen molar-refractivity contribution in [2.75, 3.05) is 23.7 Å². The van der Waals surface area contributed by atoms with Gasteiger partial charge in [-0.05, 0) is 45.9 Å². The van der Waals surface area contributed by atoms with Gasteiger partial charge in [0.25, 0.3) is 0 Å². The fourth-order valence-corrected chi connectivity index (χ4v) is 3.75. The summed E-state index contributed by atoms with van der Waals surface area (Å²) < 4.78 is 1.96. The van der Waals surface area contributed by atoms with Crippen molar-refractivity contribution in [2.24, 2.45) is 0 Å². The molecule has 0 amide bonds. The molecule has 0 aliphatic rings. The average Bonchev–Trinajstić information content (AvgIpc) is 3.21. The normalized spacial score (nSPS) is 11.6. The molecular formula is C23H29N9. The van der Waals surface area contributed by atoms with Crippen LogP contribution in [-0.2, 0) is 0 Å². The summed E-state index contributed by atoms with van der Waals surface area (Å²) in [4.78, 5) is 24.7. The average molecular weight is 432 g/mol.